The Bertz CT molecular complexity index is 649. The third-order valence-electron chi connectivity index (χ3n) is 4.98. The van der Waals surface area contributed by atoms with Gasteiger partial charge < -0.3 is 19.7 Å². The number of aromatic hydroxyl groups is 1. The van der Waals surface area contributed by atoms with E-state index in [4.69, 9.17) is 9.47 Å². The first kappa shape index (κ1) is 20.2. The number of aliphatic hydroxyl groups is 1. The SMILES string of the molecule is CC(C)CC1(C(=O)OCC(O)COC(=O)c2ccc(O)cc2)CC1(C)C. The van der Waals surface area contributed by atoms with Gasteiger partial charge >= 0.3 is 11.9 Å². The molecule has 0 spiro atoms. The van der Waals surface area contributed by atoms with Gasteiger partial charge in [-0.15, -0.1) is 0 Å². The number of phenols is 1. The van der Waals surface area contributed by atoms with E-state index >= 15 is 0 Å². The fourth-order valence-corrected chi connectivity index (χ4v) is 3.40. The molecule has 1 aliphatic carbocycles. The van der Waals surface area contributed by atoms with E-state index in [1.54, 1.807) is 0 Å². The number of carbonyl (C=O) groups excluding carboxylic acids is 2. The molecule has 2 rings (SSSR count). The van der Waals surface area contributed by atoms with E-state index < -0.39 is 17.5 Å². The summed E-state index contributed by atoms with van der Waals surface area (Å²) in [6.07, 6.45) is 0.450. The van der Waals surface area contributed by atoms with Crippen LogP contribution in [-0.2, 0) is 14.3 Å². The van der Waals surface area contributed by atoms with Gasteiger partial charge in [0, 0.05) is 0 Å². The van der Waals surface area contributed by atoms with Gasteiger partial charge in [-0.05, 0) is 48.4 Å². The molecule has 1 fully saturated rings. The molecule has 144 valence electrons. The predicted molar refractivity (Wildman–Crippen MR) is 95.6 cm³/mol. The summed E-state index contributed by atoms with van der Waals surface area (Å²) in [4.78, 5) is 24.4. The molecule has 0 aromatic heterocycles. The Hall–Kier alpha value is -2.08. The fraction of sp³-hybridized carbons (Fsp3) is 0.600. The minimum absolute atomic E-state index is 0.0480. The van der Waals surface area contributed by atoms with E-state index in [1.807, 2.05) is 13.8 Å². The van der Waals surface area contributed by atoms with Gasteiger partial charge in [0.05, 0.1) is 11.0 Å². The van der Waals surface area contributed by atoms with E-state index in [9.17, 15) is 19.8 Å². The van der Waals surface area contributed by atoms with Crippen molar-refractivity contribution < 1.29 is 29.3 Å². The Morgan fingerprint density at radius 3 is 2.15 bits per heavy atom. The van der Waals surface area contributed by atoms with Gasteiger partial charge in [0.1, 0.15) is 25.1 Å². The highest BCUT2D eigenvalue weighted by atomic mass is 16.6. The first-order valence-electron chi connectivity index (χ1n) is 8.89. The van der Waals surface area contributed by atoms with Crippen molar-refractivity contribution in [3.63, 3.8) is 0 Å². The maximum absolute atomic E-state index is 12.5. The molecule has 2 atom stereocenters. The molecule has 6 heteroatoms. The van der Waals surface area contributed by atoms with E-state index in [0.717, 1.165) is 12.8 Å². The van der Waals surface area contributed by atoms with E-state index in [1.165, 1.54) is 24.3 Å². The zero-order chi connectivity index (χ0) is 19.5. The number of ether oxygens (including phenoxy) is 2. The summed E-state index contributed by atoms with van der Waals surface area (Å²) in [5.41, 5.74) is -0.309. The number of hydrogen-bond donors (Lipinski definition) is 2. The first-order valence-corrected chi connectivity index (χ1v) is 8.89. The summed E-state index contributed by atoms with van der Waals surface area (Å²) in [5.74, 6) is -0.484. The smallest absolute Gasteiger partial charge is 0.338 e. The van der Waals surface area contributed by atoms with Gasteiger partial charge in [-0.3, -0.25) is 4.79 Å². The van der Waals surface area contributed by atoms with Crippen molar-refractivity contribution in [2.75, 3.05) is 13.2 Å². The van der Waals surface area contributed by atoms with Crippen LogP contribution >= 0.6 is 0 Å². The van der Waals surface area contributed by atoms with Crippen molar-refractivity contribution in [2.45, 2.75) is 46.6 Å². The third-order valence-corrected chi connectivity index (χ3v) is 4.98. The minimum Gasteiger partial charge on any atom is -0.508 e. The molecule has 0 saturated heterocycles. The van der Waals surface area contributed by atoms with Crippen LogP contribution in [0, 0.1) is 16.7 Å². The standard InChI is InChI=1S/C20H28O6/c1-13(2)9-20(12-19(20,3)4)18(24)26-11-16(22)10-25-17(23)14-5-7-15(21)8-6-14/h5-8,13,16,21-22H,9-12H2,1-4H3. The number of rotatable bonds is 8. The second kappa shape index (κ2) is 7.66. The van der Waals surface area contributed by atoms with Crippen LogP contribution in [0.5, 0.6) is 5.75 Å². The lowest BCUT2D eigenvalue weighted by Gasteiger charge is -2.22. The van der Waals surface area contributed by atoms with Crippen LogP contribution in [0.15, 0.2) is 24.3 Å². The van der Waals surface area contributed by atoms with Crippen molar-refractivity contribution in [3.05, 3.63) is 29.8 Å². The zero-order valence-electron chi connectivity index (χ0n) is 15.8. The van der Waals surface area contributed by atoms with Crippen LogP contribution in [0.2, 0.25) is 0 Å². The Morgan fingerprint density at radius 2 is 1.65 bits per heavy atom. The number of esters is 2. The molecular formula is C20H28O6. The zero-order valence-corrected chi connectivity index (χ0v) is 15.8. The number of phenolic OH excluding ortho intramolecular Hbond substituents is 1. The number of carbonyl (C=O) groups is 2. The van der Waals surface area contributed by atoms with Crippen LogP contribution in [0.4, 0.5) is 0 Å². The van der Waals surface area contributed by atoms with Crippen LogP contribution in [-0.4, -0.2) is 41.5 Å². The maximum atomic E-state index is 12.5. The first-order chi connectivity index (χ1) is 12.1. The molecule has 1 saturated carbocycles. The largest absolute Gasteiger partial charge is 0.508 e. The second-order valence-corrected chi connectivity index (χ2v) is 8.14. The molecule has 6 nitrogen and oxygen atoms in total. The third kappa shape index (κ3) is 4.55. The van der Waals surface area contributed by atoms with Crippen LogP contribution < -0.4 is 0 Å². The molecule has 26 heavy (non-hydrogen) atoms. The van der Waals surface area contributed by atoms with E-state index in [-0.39, 0.29) is 35.9 Å². The van der Waals surface area contributed by atoms with Crippen LogP contribution in [0.1, 0.15) is 50.9 Å². The van der Waals surface area contributed by atoms with Crippen molar-refractivity contribution in [2.24, 2.45) is 16.7 Å². The summed E-state index contributed by atoms with van der Waals surface area (Å²) < 4.78 is 10.3. The van der Waals surface area contributed by atoms with Gasteiger partial charge in [-0.1, -0.05) is 27.7 Å². The molecule has 2 N–H and O–H groups in total. The van der Waals surface area contributed by atoms with Crippen molar-refractivity contribution in [1.82, 2.24) is 0 Å². The molecule has 1 aromatic rings. The average Bonchev–Trinajstić information content (AvgIpc) is 3.11. The monoisotopic (exact) mass is 364 g/mol. The average molecular weight is 364 g/mol. The summed E-state index contributed by atoms with van der Waals surface area (Å²) in [6, 6.07) is 5.60. The second-order valence-electron chi connectivity index (χ2n) is 8.14. The molecule has 1 aliphatic rings. The predicted octanol–water partition coefficient (Wildman–Crippen LogP) is 2.92. The van der Waals surface area contributed by atoms with Crippen LogP contribution in [0.3, 0.4) is 0 Å². The lowest BCUT2D eigenvalue weighted by molar-refractivity contribution is -0.156. The quantitative estimate of drug-likeness (QED) is 0.689. The molecule has 0 amide bonds. The summed E-state index contributed by atoms with van der Waals surface area (Å²) in [6.45, 7) is 7.76. The van der Waals surface area contributed by atoms with Gasteiger partial charge in [-0.25, -0.2) is 4.79 Å². The number of aliphatic hydroxyl groups excluding tert-OH is 1. The molecule has 2 unspecified atom stereocenters. The fourth-order valence-electron chi connectivity index (χ4n) is 3.40. The number of benzene rings is 1. The van der Waals surface area contributed by atoms with Crippen molar-refractivity contribution >= 4 is 11.9 Å². The van der Waals surface area contributed by atoms with Crippen molar-refractivity contribution in [3.8, 4) is 5.75 Å². The molecule has 0 radical (unpaired) electrons. The highest BCUT2D eigenvalue weighted by Gasteiger charge is 2.66. The lowest BCUT2D eigenvalue weighted by atomic mass is 9.87. The highest BCUT2D eigenvalue weighted by molar-refractivity contribution is 5.89. The molecular weight excluding hydrogens is 336 g/mol. The molecule has 0 heterocycles. The molecule has 0 bridgehead atoms. The summed E-state index contributed by atoms with van der Waals surface area (Å²) >= 11 is 0. The van der Waals surface area contributed by atoms with Gasteiger partial charge in [-0.2, -0.15) is 0 Å². The normalized spacial score (nSPS) is 21.9. The summed E-state index contributed by atoms with van der Waals surface area (Å²) in [5, 5.41) is 19.1. The Kier molecular flexibility index (Phi) is 5.96. The van der Waals surface area contributed by atoms with Crippen LogP contribution in [0.25, 0.3) is 0 Å². The van der Waals surface area contributed by atoms with Gasteiger partial charge in [0.2, 0.25) is 0 Å². The minimum atomic E-state index is -1.09. The Morgan fingerprint density at radius 1 is 1.12 bits per heavy atom. The lowest BCUT2D eigenvalue weighted by Crippen LogP contribution is -2.31. The molecule has 0 aliphatic heterocycles. The topological polar surface area (TPSA) is 93.1 Å². The van der Waals surface area contributed by atoms with E-state index in [2.05, 4.69) is 13.8 Å². The Balaban J connectivity index is 1.79. The van der Waals surface area contributed by atoms with Gasteiger partial charge in [0.25, 0.3) is 0 Å². The Labute approximate surface area is 154 Å². The maximum Gasteiger partial charge on any atom is 0.338 e. The molecule has 1 aromatic carbocycles. The van der Waals surface area contributed by atoms with E-state index in [0.29, 0.717) is 5.92 Å². The number of hydrogen-bond acceptors (Lipinski definition) is 6. The van der Waals surface area contributed by atoms with Crippen molar-refractivity contribution in [1.29, 1.82) is 0 Å². The van der Waals surface area contributed by atoms with Gasteiger partial charge in [0.15, 0.2) is 0 Å². The highest BCUT2D eigenvalue weighted by Crippen LogP contribution is 2.67. The summed E-state index contributed by atoms with van der Waals surface area (Å²) in [7, 11) is 0.